The van der Waals surface area contributed by atoms with E-state index in [9.17, 15) is 13.2 Å². The van der Waals surface area contributed by atoms with Crippen LogP contribution in [0.1, 0.15) is 36.3 Å². The Labute approximate surface area is 191 Å². The van der Waals surface area contributed by atoms with Crippen molar-refractivity contribution in [1.29, 1.82) is 0 Å². The molecule has 2 aliphatic heterocycles. The first-order chi connectivity index (χ1) is 15.9. The van der Waals surface area contributed by atoms with E-state index in [0.29, 0.717) is 24.9 Å². The van der Waals surface area contributed by atoms with Crippen LogP contribution in [0, 0.1) is 0 Å². The van der Waals surface area contributed by atoms with E-state index in [4.69, 9.17) is 14.8 Å². The van der Waals surface area contributed by atoms with Gasteiger partial charge in [-0.2, -0.15) is 18.2 Å². The molecule has 0 aromatic carbocycles. The molecule has 2 aliphatic rings. The van der Waals surface area contributed by atoms with Crippen LogP contribution in [0.2, 0.25) is 0 Å². The number of hydroxylamine groups is 1. The molecule has 1 N–H and O–H groups in total. The average Bonchev–Trinajstić information content (AvgIpc) is 3.50. The molecule has 3 aromatic rings. The van der Waals surface area contributed by atoms with Crippen LogP contribution in [0.5, 0.6) is 0 Å². The molecule has 5 rings (SSSR count). The van der Waals surface area contributed by atoms with Gasteiger partial charge in [0.25, 0.3) is 0 Å². The lowest BCUT2D eigenvalue weighted by atomic mass is 10.2. The maximum absolute atomic E-state index is 13.2. The monoisotopic (exact) mass is 480 g/mol. The number of nitrogens with zero attached hydrogens (tertiary/aromatic N) is 7. The van der Waals surface area contributed by atoms with Gasteiger partial charge in [0.2, 0.25) is 11.8 Å². The topological polar surface area (TPSA) is 84.2 Å². The fourth-order valence-electron chi connectivity index (χ4n) is 4.16. The summed E-state index contributed by atoms with van der Waals surface area (Å²) in [6.07, 6.45) is 0.1000. The third-order valence-corrected chi connectivity index (χ3v) is 6.73. The molecule has 0 amide bonds. The van der Waals surface area contributed by atoms with Crippen molar-refractivity contribution in [3.63, 3.8) is 0 Å². The average molecular weight is 481 g/mol. The minimum Gasteiger partial charge on any atom is -0.347 e. The quantitative estimate of drug-likeness (QED) is 0.537. The highest BCUT2D eigenvalue weighted by Gasteiger charge is 2.39. The normalized spacial score (nSPS) is 16.5. The summed E-state index contributed by atoms with van der Waals surface area (Å²) in [5.41, 5.74) is 3.77. The van der Waals surface area contributed by atoms with E-state index in [1.165, 1.54) is 4.88 Å². The van der Waals surface area contributed by atoms with Gasteiger partial charge in [-0.25, -0.2) is 4.98 Å². The first-order valence-electron chi connectivity index (χ1n) is 10.7. The van der Waals surface area contributed by atoms with Crippen LogP contribution < -0.4 is 15.3 Å². The first kappa shape index (κ1) is 21.9. The number of aromatic nitrogens is 5. The van der Waals surface area contributed by atoms with Gasteiger partial charge in [-0.1, -0.05) is 13.3 Å². The molecule has 33 heavy (non-hydrogen) atoms. The summed E-state index contributed by atoms with van der Waals surface area (Å²) < 4.78 is 40.9. The molecule has 0 atom stereocenters. The van der Waals surface area contributed by atoms with E-state index < -0.39 is 12.0 Å². The van der Waals surface area contributed by atoms with E-state index in [2.05, 4.69) is 28.7 Å². The number of halogens is 3. The van der Waals surface area contributed by atoms with Gasteiger partial charge in [-0.05, 0) is 12.5 Å². The molecule has 0 unspecified atom stereocenters. The molecular weight excluding hydrogens is 457 g/mol. The minimum absolute atomic E-state index is 0.134. The van der Waals surface area contributed by atoms with Crippen LogP contribution in [0.15, 0.2) is 18.0 Å². The van der Waals surface area contributed by atoms with Gasteiger partial charge < -0.3 is 14.4 Å². The fourth-order valence-corrected chi connectivity index (χ4v) is 5.28. The van der Waals surface area contributed by atoms with Crippen LogP contribution in [0.4, 0.5) is 24.9 Å². The van der Waals surface area contributed by atoms with Crippen molar-refractivity contribution in [3.8, 4) is 0 Å². The zero-order valence-electron chi connectivity index (χ0n) is 18.2. The molecule has 0 aliphatic carbocycles. The van der Waals surface area contributed by atoms with Crippen molar-refractivity contribution in [2.45, 2.75) is 45.5 Å². The lowest BCUT2D eigenvalue weighted by Crippen LogP contribution is -2.36. The summed E-state index contributed by atoms with van der Waals surface area (Å²) in [7, 11) is 1.56. The summed E-state index contributed by atoms with van der Waals surface area (Å²) >= 11 is 1.63. The second kappa shape index (κ2) is 8.45. The summed E-state index contributed by atoms with van der Waals surface area (Å²) in [6.45, 7) is 3.52. The third kappa shape index (κ3) is 4.10. The Morgan fingerprint density at radius 1 is 1.18 bits per heavy atom. The van der Waals surface area contributed by atoms with Crippen molar-refractivity contribution < 1.29 is 18.0 Å². The number of rotatable bonds is 6. The maximum atomic E-state index is 13.2. The Bertz CT molecular complexity index is 1200. The van der Waals surface area contributed by atoms with Crippen LogP contribution in [0.3, 0.4) is 0 Å². The largest absolute Gasteiger partial charge is 0.451 e. The zero-order valence-corrected chi connectivity index (χ0v) is 19.0. The standard InChI is InChI=1S/C20H23F3N8OS/c1-3-4-13-9-14-16(29-7-8-31-15(11-29)26-27-18(31)20(21,22)23)24-19(25-17(14)33-13)30-6-5-12(10-30)28-32-2/h9-10,28H,3-8,11H2,1-2H3. The number of fused-ring (bicyclic) bond motifs is 2. The number of nitrogens with one attached hydrogen (secondary N) is 1. The van der Waals surface area contributed by atoms with Crippen molar-refractivity contribution in [2.24, 2.45) is 0 Å². The van der Waals surface area contributed by atoms with Gasteiger partial charge in [0.15, 0.2) is 5.82 Å². The number of alkyl halides is 3. The van der Waals surface area contributed by atoms with Gasteiger partial charge in [0, 0.05) is 37.1 Å². The van der Waals surface area contributed by atoms with Crippen LogP contribution in [-0.2, 0) is 30.5 Å². The molecule has 0 saturated carbocycles. The van der Waals surface area contributed by atoms with Gasteiger partial charge in [-0.3, -0.25) is 10.3 Å². The molecule has 13 heteroatoms. The molecule has 176 valence electrons. The van der Waals surface area contributed by atoms with E-state index in [-0.39, 0.29) is 18.9 Å². The molecule has 0 radical (unpaired) electrons. The zero-order chi connectivity index (χ0) is 23.2. The lowest BCUT2D eigenvalue weighted by molar-refractivity contribution is -0.147. The van der Waals surface area contributed by atoms with Gasteiger partial charge in [0.05, 0.1) is 24.7 Å². The molecule has 0 saturated heterocycles. The predicted octanol–water partition coefficient (Wildman–Crippen LogP) is 3.48. The number of hydrogen-bond acceptors (Lipinski definition) is 9. The number of aryl methyl sites for hydroxylation is 1. The summed E-state index contributed by atoms with van der Waals surface area (Å²) in [6, 6.07) is 2.10. The van der Waals surface area contributed by atoms with Gasteiger partial charge >= 0.3 is 6.18 Å². The Morgan fingerprint density at radius 3 is 2.79 bits per heavy atom. The number of anilines is 2. The predicted molar refractivity (Wildman–Crippen MR) is 118 cm³/mol. The van der Waals surface area contributed by atoms with Gasteiger partial charge in [0.1, 0.15) is 10.6 Å². The number of hydrogen-bond donors (Lipinski definition) is 1. The Kier molecular flexibility index (Phi) is 5.60. The highest BCUT2D eigenvalue weighted by Crippen LogP contribution is 2.36. The first-order valence-corrected chi connectivity index (χ1v) is 11.5. The maximum Gasteiger partial charge on any atom is 0.451 e. The molecular formula is C20H23F3N8OS. The Balaban J connectivity index is 1.53. The molecule has 0 fully saturated rings. The van der Waals surface area contributed by atoms with Crippen LogP contribution in [-0.4, -0.2) is 44.9 Å². The SMILES string of the molecule is CCCc1cc2c(N3CCn4c(nnc4C(F)(F)F)C3)nc(N3C=C(NOC)CC3)nc2s1. The summed E-state index contributed by atoms with van der Waals surface area (Å²) in [5, 5.41) is 8.11. The van der Waals surface area contributed by atoms with Crippen molar-refractivity contribution in [2.75, 3.05) is 30.0 Å². The van der Waals surface area contributed by atoms with Gasteiger partial charge in [-0.15, -0.1) is 21.5 Å². The van der Waals surface area contributed by atoms with E-state index in [0.717, 1.165) is 39.7 Å². The smallest absolute Gasteiger partial charge is 0.347 e. The van der Waals surface area contributed by atoms with E-state index >= 15 is 0 Å². The second-order valence-electron chi connectivity index (χ2n) is 7.94. The van der Waals surface area contributed by atoms with Crippen LogP contribution >= 0.6 is 11.3 Å². The molecule has 9 nitrogen and oxygen atoms in total. The lowest BCUT2D eigenvalue weighted by Gasteiger charge is -2.30. The highest BCUT2D eigenvalue weighted by molar-refractivity contribution is 7.18. The van der Waals surface area contributed by atoms with Crippen molar-refractivity contribution in [1.82, 2.24) is 30.2 Å². The molecule has 3 aromatic heterocycles. The van der Waals surface area contributed by atoms with Crippen molar-refractivity contribution >= 4 is 33.3 Å². The molecule has 0 bridgehead atoms. The fraction of sp³-hybridized carbons (Fsp3) is 0.500. The third-order valence-electron chi connectivity index (χ3n) is 5.64. The number of thiophene rings is 1. The van der Waals surface area contributed by atoms with E-state index in [1.54, 1.807) is 18.4 Å². The highest BCUT2D eigenvalue weighted by atomic mass is 32.1. The Hall–Kier alpha value is -2.93. The molecule has 5 heterocycles. The summed E-state index contributed by atoms with van der Waals surface area (Å²) in [5.74, 6) is 0.585. The Morgan fingerprint density at radius 2 is 2.03 bits per heavy atom. The van der Waals surface area contributed by atoms with E-state index in [1.807, 2.05) is 16.0 Å². The molecule has 0 spiro atoms. The van der Waals surface area contributed by atoms with Crippen LogP contribution in [0.25, 0.3) is 10.2 Å². The van der Waals surface area contributed by atoms with Crippen molar-refractivity contribution in [3.05, 3.63) is 34.5 Å². The minimum atomic E-state index is -4.53. The second-order valence-corrected chi connectivity index (χ2v) is 9.06. The summed E-state index contributed by atoms with van der Waals surface area (Å²) in [4.78, 5) is 20.7.